The molecular formula is C15H24F2N2. The van der Waals surface area contributed by atoms with Gasteiger partial charge in [0.05, 0.1) is 6.04 Å². The van der Waals surface area contributed by atoms with E-state index >= 15 is 0 Å². The quantitative estimate of drug-likeness (QED) is 0.853. The summed E-state index contributed by atoms with van der Waals surface area (Å²) >= 11 is 0. The van der Waals surface area contributed by atoms with Gasteiger partial charge in [0.1, 0.15) is 11.6 Å². The minimum absolute atomic E-state index is 0.123. The average molecular weight is 270 g/mol. The van der Waals surface area contributed by atoms with Crippen LogP contribution in [-0.2, 0) is 0 Å². The van der Waals surface area contributed by atoms with Gasteiger partial charge >= 0.3 is 0 Å². The van der Waals surface area contributed by atoms with E-state index < -0.39 is 11.6 Å². The van der Waals surface area contributed by atoms with Crippen LogP contribution >= 0.6 is 0 Å². The molecule has 19 heavy (non-hydrogen) atoms. The first kappa shape index (κ1) is 16.1. The summed E-state index contributed by atoms with van der Waals surface area (Å²) in [6, 6.07) is 3.61. The molecular weight excluding hydrogens is 246 g/mol. The summed E-state index contributed by atoms with van der Waals surface area (Å²) in [5.41, 5.74) is 0.479. The molecule has 0 fully saturated rings. The molecule has 1 N–H and O–H groups in total. The molecule has 0 heterocycles. The average Bonchev–Trinajstić information content (AvgIpc) is 2.34. The molecule has 0 saturated heterocycles. The molecule has 0 aliphatic carbocycles. The summed E-state index contributed by atoms with van der Waals surface area (Å²) in [4.78, 5) is 2.14. The number of hydrogen-bond donors (Lipinski definition) is 1. The van der Waals surface area contributed by atoms with Crippen LogP contribution in [0.4, 0.5) is 8.78 Å². The molecule has 1 unspecified atom stereocenters. The molecule has 1 rings (SSSR count). The van der Waals surface area contributed by atoms with Crippen molar-refractivity contribution in [2.24, 2.45) is 0 Å². The van der Waals surface area contributed by atoms with Gasteiger partial charge in [0.25, 0.3) is 0 Å². The zero-order chi connectivity index (χ0) is 14.6. The maximum Gasteiger partial charge on any atom is 0.126 e. The molecule has 108 valence electrons. The number of halogens is 2. The first-order chi connectivity index (χ1) is 8.91. The fourth-order valence-electron chi connectivity index (χ4n) is 3.04. The van der Waals surface area contributed by atoms with Crippen LogP contribution in [0.3, 0.4) is 0 Å². The van der Waals surface area contributed by atoms with E-state index in [2.05, 4.69) is 24.1 Å². The van der Waals surface area contributed by atoms with Crippen molar-refractivity contribution in [1.82, 2.24) is 10.2 Å². The number of benzene rings is 1. The molecule has 0 spiro atoms. The zero-order valence-corrected chi connectivity index (χ0v) is 12.4. The maximum atomic E-state index is 13.4. The third-order valence-electron chi connectivity index (χ3n) is 4.16. The van der Waals surface area contributed by atoms with Crippen molar-refractivity contribution in [1.29, 1.82) is 0 Å². The van der Waals surface area contributed by atoms with Crippen LogP contribution in [0.2, 0.25) is 0 Å². The van der Waals surface area contributed by atoms with E-state index in [1.54, 1.807) is 0 Å². The molecule has 0 radical (unpaired) electrons. The van der Waals surface area contributed by atoms with Crippen LogP contribution in [0.5, 0.6) is 0 Å². The Balaban J connectivity index is 3.31. The lowest BCUT2D eigenvalue weighted by Gasteiger charge is -2.45. The molecule has 1 aromatic rings. The van der Waals surface area contributed by atoms with Crippen molar-refractivity contribution < 1.29 is 8.78 Å². The summed E-state index contributed by atoms with van der Waals surface area (Å²) < 4.78 is 26.9. The summed E-state index contributed by atoms with van der Waals surface area (Å²) in [5, 5.41) is 3.22. The van der Waals surface area contributed by atoms with Gasteiger partial charge in [-0.3, -0.25) is 0 Å². The van der Waals surface area contributed by atoms with Crippen molar-refractivity contribution in [2.45, 2.75) is 38.3 Å². The molecule has 0 aliphatic rings. The molecule has 1 atom stereocenters. The molecule has 0 aliphatic heterocycles. The number of hydrogen-bond acceptors (Lipinski definition) is 2. The van der Waals surface area contributed by atoms with E-state index in [4.69, 9.17) is 0 Å². The standard InChI is InChI=1S/C15H24F2N2/c1-6-15(7-2,19(4)5)14(18-3)11-8-12(16)10-13(17)9-11/h8-10,14,18H,6-7H2,1-5H3. The number of nitrogens with zero attached hydrogens (tertiary/aromatic N) is 1. The summed E-state index contributed by atoms with van der Waals surface area (Å²) in [6.45, 7) is 4.20. The minimum atomic E-state index is -0.532. The second-order valence-electron chi connectivity index (χ2n) is 5.13. The Morgan fingerprint density at radius 1 is 1.11 bits per heavy atom. The van der Waals surface area contributed by atoms with Gasteiger partial charge in [-0.2, -0.15) is 0 Å². The molecule has 0 aromatic heterocycles. The van der Waals surface area contributed by atoms with Gasteiger partial charge in [-0.15, -0.1) is 0 Å². The van der Waals surface area contributed by atoms with Crippen molar-refractivity contribution in [3.63, 3.8) is 0 Å². The lowest BCUT2D eigenvalue weighted by atomic mass is 9.79. The molecule has 0 bridgehead atoms. The highest BCUT2D eigenvalue weighted by atomic mass is 19.1. The van der Waals surface area contributed by atoms with Crippen LogP contribution in [0.25, 0.3) is 0 Å². The Kier molecular flexibility index (Phi) is 5.44. The molecule has 0 amide bonds. The maximum absolute atomic E-state index is 13.4. The van der Waals surface area contributed by atoms with Gasteiger partial charge in [-0.05, 0) is 51.7 Å². The Morgan fingerprint density at radius 2 is 1.58 bits per heavy atom. The van der Waals surface area contributed by atoms with E-state index in [0.717, 1.165) is 18.9 Å². The summed E-state index contributed by atoms with van der Waals surface area (Å²) in [7, 11) is 5.84. The molecule has 2 nitrogen and oxygen atoms in total. The normalized spacial score (nSPS) is 13.9. The monoisotopic (exact) mass is 270 g/mol. The van der Waals surface area contributed by atoms with E-state index in [9.17, 15) is 8.78 Å². The van der Waals surface area contributed by atoms with Crippen LogP contribution in [-0.4, -0.2) is 31.6 Å². The minimum Gasteiger partial charge on any atom is -0.311 e. The second kappa shape index (κ2) is 6.44. The van der Waals surface area contributed by atoms with Gasteiger partial charge in [-0.1, -0.05) is 13.8 Å². The third-order valence-corrected chi connectivity index (χ3v) is 4.16. The fourth-order valence-corrected chi connectivity index (χ4v) is 3.04. The van der Waals surface area contributed by atoms with Crippen LogP contribution in [0, 0.1) is 11.6 Å². The van der Waals surface area contributed by atoms with Gasteiger partial charge in [0, 0.05) is 11.6 Å². The van der Waals surface area contributed by atoms with E-state index in [1.165, 1.54) is 12.1 Å². The highest BCUT2D eigenvalue weighted by Crippen LogP contribution is 2.36. The highest BCUT2D eigenvalue weighted by molar-refractivity contribution is 5.25. The lowest BCUT2D eigenvalue weighted by molar-refractivity contribution is 0.0915. The van der Waals surface area contributed by atoms with Gasteiger partial charge < -0.3 is 10.2 Å². The predicted octanol–water partition coefficient (Wildman–Crippen LogP) is 3.35. The number of likely N-dealkylation sites (N-methyl/N-ethyl adjacent to an activating group) is 2. The Labute approximate surface area is 114 Å². The predicted molar refractivity (Wildman–Crippen MR) is 75.2 cm³/mol. The van der Waals surface area contributed by atoms with E-state index in [0.29, 0.717) is 5.56 Å². The van der Waals surface area contributed by atoms with Gasteiger partial charge in [0.15, 0.2) is 0 Å². The Bertz CT molecular complexity index is 394. The third kappa shape index (κ3) is 3.12. The summed E-state index contributed by atoms with van der Waals surface area (Å²) in [5.74, 6) is -1.06. The number of rotatable bonds is 6. The Morgan fingerprint density at radius 3 is 1.89 bits per heavy atom. The summed E-state index contributed by atoms with van der Waals surface area (Å²) in [6.07, 6.45) is 1.78. The SMILES string of the molecule is CCC(CC)(C(NC)c1cc(F)cc(F)c1)N(C)C. The van der Waals surface area contributed by atoms with Crippen LogP contribution < -0.4 is 5.32 Å². The second-order valence-corrected chi connectivity index (χ2v) is 5.13. The zero-order valence-electron chi connectivity index (χ0n) is 12.4. The largest absolute Gasteiger partial charge is 0.311 e. The Hall–Kier alpha value is -1.00. The van der Waals surface area contributed by atoms with Crippen LogP contribution in [0.15, 0.2) is 18.2 Å². The molecule has 1 aromatic carbocycles. The van der Waals surface area contributed by atoms with Gasteiger partial charge in [0.2, 0.25) is 0 Å². The van der Waals surface area contributed by atoms with E-state index in [1.807, 2.05) is 21.1 Å². The van der Waals surface area contributed by atoms with Crippen molar-refractivity contribution >= 4 is 0 Å². The van der Waals surface area contributed by atoms with E-state index in [-0.39, 0.29) is 11.6 Å². The first-order valence-electron chi connectivity index (χ1n) is 6.72. The van der Waals surface area contributed by atoms with Crippen molar-refractivity contribution in [3.8, 4) is 0 Å². The lowest BCUT2D eigenvalue weighted by Crippen LogP contribution is -2.52. The molecule has 0 saturated carbocycles. The first-order valence-corrected chi connectivity index (χ1v) is 6.72. The smallest absolute Gasteiger partial charge is 0.126 e. The fraction of sp³-hybridized carbons (Fsp3) is 0.600. The number of nitrogens with one attached hydrogen (secondary N) is 1. The van der Waals surface area contributed by atoms with Crippen molar-refractivity contribution in [2.75, 3.05) is 21.1 Å². The highest BCUT2D eigenvalue weighted by Gasteiger charge is 2.38. The molecule has 4 heteroatoms. The topological polar surface area (TPSA) is 15.3 Å². The van der Waals surface area contributed by atoms with Crippen LogP contribution in [0.1, 0.15) is 38.3 Å². The van der Waals surface area contributed by atoms with Crippen molar-refractivity contribution in [3.05, 3.63) is 35.4 Å². The van der Waals surface area contributed by atoms with Gasteiger partial charge in [-0.25, -0.2) is 8.78 Å².